The number of halogens is 2. The smallest absolute Gasteiger partial charge is 0.159 e. The molecule has 2 aromatic carbocycles. The molecule has 0 spiro atoms. The van der Waals surface area contributed by atoms with Crippen molar-refractivity contribution in [2.45, 2.75) is 19.9 Å². The van der Waals surface area contributed by atoms with E-state index in [1.54, 1.807) is 6.07 Å². The van der Waals surface area contributed by atoms with Crippen molar-refractivity contribution in [3.63, 3.8) is 0 Å². The zero-order valence-corrected chi connectivity index (χ0v) is 11.4. The van der Waals surface area contributed by atoms with Gasteiger partial charge in [0.1, 0.15) is 0 Å². The van der Waals surface area contributed by atoms with Gasteiger partial charge in [-0.1, -0.05) is 25.1 Å². The molecule has 0 saturated heterocycles. The molecule has 2 aromatic rings. The largest absolute Gasteiger partial charge is 0.397 e. The Hall–Kier alpha value is -2.10. The molecule has 0 unspecified atom stereocenters. The normalized spacial score (nSPS) is 10.6. The van der Waals surface area contributed by atoms with E-state index in [4.69, 9.17) is 5.73 Å². The first-order chi connectivity index (χ1) is 9.61. The Labute approximate surface area is 117 Å². The Morgan fingerprint density at radius 3 is 2.45 bits per heavy atom. The van der Waals surface area contributed by atoms with Gasteiger partial charge in [-0.2, -0.15) is 0 Å². The molecule has 0 aliphatic rings. The van der Waals surface area contributed by atoms with Gasteiger partial charge in [0.15, 0.2) is 11.6 Å². The fourth-order valence-electron chi connectivity index (χ4n) is 2.19. The summed E-state index contributed by atoms with van der Waals surface area (Å²) < 4.78 is 26.2. The second-order valence-electron chi connectivity index (χ2n) is 4.73. The van der Waals surface area contributed by atoms with Crippen molar-refractivity contribution in [1.82, 2.24) is 0 Å². The van der Waals surface area contributed by atoms with Gasteiger partial charge in [-0.05, 0) is 36.2 Å². The van der Waals surface area contributed by atoms with Gasteiger partial charge in [-0.15, -0.1) is 0 Å². The predicted molar refractivity (Wildman–Crippen MR) is 78.6 cm³/mol. The Morgan fingerprint density at radius 1 is 1.05 bits per heavy atom. The van der Waals surface area contributed by atoms with Crippen LogP contribution >= 0.6 is 0 Å². The van der Waals surface area contributed by atoms with Crippen LogP contribution in [0.15, 0.2) is 42.5 Å². The first-order valence-corrected chi connectivity index (χ1v) is 6.65. The third-order valence-electron chi connectivity index (χ3n) is 3.13. The molecular formula is C16H18F2N2. The van der Waals surface area contributed by atoms with E-state index in [1.807, 2.05) is 24.3 Å². The van der Waals surface area contributed by atoms with Crippen LogP contribution in [0.4, 0.5) is 20.2 Å². The van der Waals surface area contributed by atoms with Crippen molar-refractivity contribution in [2.24, 2.45) is 0 Å². The number of nitrogen functional groups attached to an aromatic ring is 1. The molecule has 0 aliphatic carbocycles. The first kappa shape index (κ1) is 14.3. The first-order valence-electron chi connectivity index (χ1n) is 6.65. The second kappa shape index (κ2) is 6.37. The van der Waals surface area contributed by atoms with Crippen molar-refractivity contribution >= 4 is 11.4 Å². The lowest BCUT2D eigenvalue weighted by Crippen LogP contribution is -2.24. The van der Waals surface area contributed by atoms with Crippen LogP contribution in [0.3, 0.4) is 0 Å². The quantitative estimate of drug-likeness (QED) is 0.837. The lowest BCUT2D eigenvalue weighted by molar-refractivity contribution is 0.507. The summed E-state index contributed by atoms with van der Waals surface area (Å²) in [5.41, 5.74) is 8.31. The third-order valence-corrected chi connectivity index (χ3v) is 3.13. The van der Waals surface area contributed by atoms with Gasteiger partial charge in [0, 0.05) is 13.1 Å². The molecule has 2 rings (SSSR count). The molecule has 4 heteroatoms. The summed E-state index contributed by atoms with van der Waals surface area (Å²) in [6.07, 6.45) is 0.942. The summed E-state index contributed by atoms with van der Waals surface area (Å²) in [6.45, 7) is 3.36. The highest BCUT2D eigenvalue weighted by Crippen LogP contribution is 2.24. The minimum absolute atomic E-state index is 0.499. The molecule has 0 fully saturated rings. The fraction of sp³-hybridized carbons (Fsp3) is 0.250. The van der Waals surface area contributed by atoms with Crippen LogP contribution in [0.1, 0.15) is 18.9 Å². The topological polar surface area (TPSA) is 29.3 Å². The van der Waals surface area contributed by atoms with E-state index in [0.29, 0.717) is 12.2 Å². The molecule has 0 aromatic heterocycles. The van der Waals surface area contributed by atoms with Crippen LogP contribution in [0.5, 0.6) is 0 Å². The highest BCUT2D eigenvalue weighted by molar-refractivity contribution is 5.67. The summed E-state index contributed by atoms with van der Waals surface area (Å²) in [6, 6.07) is 11.6. The van der Waals surface area contributed by atoms with Crippen LogP contribution in [0.25, 0.3) is 0 Å². The van der Waals surface area contributed by atoms with Gasteiger partial charge in [-0.3, -0.25) is 0 Å². The number of nitrogens with two attached hydrogens (primary N) is 1. The monoisotopic (exact) mass is 276 g/mol. The Balaban J connectivity index is 2.25. The number of anilines is 2. The molecule has 0 atom stereocenters. The molecule has 20 heavy (non-hydrogen) atoms. The highest BCUT2D eigenvalue weighted by Gasteiger charge is 2.11. The summed E-state index contributed by atoms with van der Waals surface area (Å²) in [4.78, 5) is 2.07. The predicted octanol–water partition coefficient (Wildman–Crippen LogP) is 3.96. The number of benzene rings is 2. The van der Waals surface area contributed by atoms with Crippen LogP contribution in [-0.2, 0) is 6.54 Å². The number of para-hydroxylation sites is 2. The Kier molecular flexibility index (Phi) is 4.56. The van der Waals surface area contributed by atoms with Crippen LogP contribution in [0, 0.1) is 11.6 Å². The van der Waals surface area contributed by atoms with Gasteiger partial charge in [0.05, 0.1) is 11.4 Å². The van der Waals surface area contributed by atoms with E-state index >= 15 is 0 Å². The minimum Gasteiger partial charge on any atom is -0.397 e. The molecule has 106 valence electrons. The number of rotatable bonds is 5. The van der Waals surface area contributed by atoms with Crippen LogP contribution in [-0.4, -0.2) is 6.54 Å². The maximum atomic E-state index is 13.3. The fourth-order valence-corrected chi connectivity index (χ4v) is 2.19. The van der Waals surface area contributed by atoms with Gasteiger partial charge in [-0.25, -0.2) is 8.78 Å². The van der Waals surface area contributed by atoms with E-state index < -0.39 is 11.6 Å². The van der Waals surface area contributed by atoms with Crippen molar-refractivity contribution in [3.05, 3.63) is 59.7 Å². The molecular weight excluding hydrogens is 258 g/mol. The molecule has 0 bridgehead atoms. The van der Waals surface area contributed by atoms with E-state index in [9.17, 15) is 8.78 Å². The summed E-state index contributed by atoms with van der Waals surface area (Å²) in [5.74, 6) is -1.64. The average Bonchev–Trinajstić information content (AvgIpc) is 2.43. The molecule has 0 aliphatic heterocycles. The van der Waals surface area contributed by atoms with E-state index in [-0.39, 0.29) is 0 Å². The van der Waals surface area contributed by atoms with Gasteiger partial charge in [0.25, 0.3) is 0 Å². The van der Waals surface area contributed by atoms with E-state index in [0.717, 1.165) is 30.3 Å². The lowest BCUT2D eigenvalue weighted by atomic mass is 10.1. The summed E-state index contributed by atoms with van der Waals surface area (Å²) >= 11 is 0. The zero-order chi connectivity index (χ0) is 14.5. The maximum absolute atomic E-state index is 13.3. The minimum atomic E-state index is -0.824. The van der Waals surface area contributed by atoms with Crippen LogP contribution < -0.4 is 10.6 Å². The molecule has 0 radical (unpaired) electrons. The Morgan fingerprint density at radius 2 is 1.80 bits per heavy atom. The van der Waals surface area contributed by atoms with Crippen molar-refractivity contribution in [2.75, 3.05) is 17.2 Å². The zero-order valence-electron chi connectivity index (χ0n) is 11.4. The number of hydrogen-bond acceptors (Lipinski definition) is 2. The Bertz CT molecular complexity index is 584. The highest BCUT2D eigenvalue weighted by atomic mass is 19.2. The van der Waals surface area contributed by atoms with E-state index in [1.165, 1.54) is 6.07 Å². The van der Waals surface area contributed by atoms with Gasteiger partial charge in [0.2, 0.25) is 0 Å². The van der Waals surface area contributed by atoms with Crippen LogP contribution in [0.2, 0.25) is 0 Å². The molecule has 0 saturated carbocycles. The van der Waals surface area contributed by atoms with Gasteiger partial charge < -0.3 is 10.6 Å². The molecule has 2 N–H and O–H groups in total. The average molecular weight is 276 g/mol. The van der Waals surface area contributed by atoms with Crippen molar-refractivity contribution < 1.29 is 8.78 Å². The van der Waals surface area contributed by atoms with E-state index in [2.05, 4.69) is 11.8 Å². The van der Waals surface area contributed by atoms with Crippen molar-refractivity contribution in [1.29, 1.82) is 0 Å². The number of hydrogen-bond donors (Lipinski definition) is 1. The standard InChI is InChI=1S/C16H18F2N2/c1-2-9-20(16-6-4-3-5-15(16)19)11-12-7-8-13(17)14(18)10-12/h3-8,10H,2,9,11,19H2,1H3. The summed E-state index contributed by atoms with van der Waals surface area (Å²) in [7, 11) is 0. The lowest BCUT2D eigenvalue weighted by Gasteiger charge is -2.26. The molecule has 0 heterocycles. The summed E-state index contributed by atoms with van der Waals surface area (Å²) in [5, 5.41) is 0. The maximum Gasteiger partial charge on any atom is 0.159 e. The SMILES string of the molecule is CCCN(Cc1ccc(F)c(F)c1)c1ccccc1N. The molecule has 0 amide bonds. The second-order valence-corrected chi connectivity index (χ2v) is 4.73. The van der Waals surface area contributed by atoms with Crippen molar-refractivity contribution in [3.8, 4) is 0 Å². The van der Waals surface area contributed by atoms with Gasteiger partial charge >= 0.3 is 0 Å². The molecule has 2 nitrogen and oxygen atoms in total. The third kappa shape index (κ3) is 3.26. The number of nitrogens with zero attached hydrogens (tertiary/aromatic N) is 1.